The van der Waals surface area contributed by atoms with Crippen LogP contribution in [0.15, 0.2) is 42.6 Å². The highest BCUT2D eigenvalue weighted by atomic mass is 19.1. The molecule has 0 aliphatic carbocycles. The van der Waals surface area contributed by atoms with Gasteiger partial charge in [-0.25, -0.2) is 9.37 Å². The van der Waals surface area contributed by atoms with Gasteiger partial charge >= 0.3 is 0 Å². The lowest BCUT2D eigenvalue weighted by atomic mass is 10.1. The molecule has 1 aliphatic rings. The summed E-state index contributed by atoms with van der Waals surface area (Å²) < 4.78 is 18.8. The third kappa shape index (κ3) is 4.76. The zero-order valence-electron chi connectivity index (χ0n) is 14.1. The number of carbonyl (C=O) groups excluding carboxylic acids is 1. The molecule has 1 amide bonds. The molecular formula is C19H22FN3O2. The Kier molecular flexibility index (Phi) is 5.95. The van der Waals surface area contributed by atoms with Gasteiger partial charge in [0, 0.05) is 31.4 Å². The van der Waals surface area contributed by atoms with Crippen molar-refractivity contribution in [2.75, 3.05) is 38.2 Å². The quantitative estimate of drug-likeness (QED) is 0.820. The highest BCUT2D eigenvalue weighted by Gasteiger charge is 2.18. The molecule has 3 rings (SSSR count). The summed E-state index contributed by atoms with van der Waals surface area (Å²) >= 11 is 0. The number of pyridine rings is 1. The Morgan fingerprint density at radius 2 is 2.04 bits per heavy atom. The fraction of sp³-hybridized carbons (Fsp3) is 0.368. The summed E-state index contributed by atoms with van der Waals surface area (Å²) in [5.74, 6) is 0.492. The fourth-order valence-electron chi connectivity index (χ4n) is 2.81. The van der Waals surface area contributed by atoms with Crippen molar-refractivity contribution in [2.24, 2.45) is 0 Å². The van der Waals surface area contributed by atoms with Gasteiger partial charge in [-0.3, -0.25) is 4.79 Å². The minimum atomic E-state index is -0.168. The lowest BCUT2D eigenvalue weighted by Crippen LogP contribution is -2.40. The molecule has 1 aliphatic heterocycles. The first kappa shape index (κ1) is 17.4. The molecule has 6 heteroatoms. The maximum Gasteiger partial charge on any atom is 0.254 e. The van der Waals surface area contributed by atoms with Gasteiger partial charge in [0.25, 0.3) is 5.91 Å². The normalized spacial score (nSPS) is 14.4. The Bertz CT molecular complexity index is 717. The number of rotatable bonds is 6. The van der Waals surface area contributed by atoms with Crippen LogP contribution in [0.1, 0.15) is 22.3 Å². The van der Waals surface area contributed by atoms with Gasteiger partial charge in [0.2, 0.25) is 0 Å². The first-order chi connectivity index (χ1) is 12.2. The van der Waals surface area contributed by atoms with E-state index in [-0.39, 0.29) is 11.7 Å². The summed E-state index contributed by atoms with van der Waals surface area (Å²) in [6, 6.07) is 10.3. The summed E-state index contributed by atoms with van der Waals surface area (Å²) in [5, 5.41) is 3.20. The number of hydrogen-bond donors (Lipinski definition) is 1. The second-order valence-corrected chi connectivity index (χ2v) is 5.96. The van der Waals surface area contributed by atoms with E-state index in [0.717, 1.165) is 6.42 Å². The Morgan fingerprint density at radius 1 is 1.24 bits per heavy atom. The van der Waals surface area contributed by atoms with E-state index >= 15 is 0 Å². The number of aryl methyl sites for hydroxylation is 1. The van der Waals surface area contributed by atoms with Gasteiger partial charge in [-0.1, -0.05) is 18.2 Å². The predicted octanol–water partition coefficient (Wildman–Crippen LogP) is 2.74. The maximum absolute atomic E-state index is 13.6. The third-order valence-corrected chi connectivity index (χ3v) is 4.19. The summed E-state index contributed by atoms with van der Waals surface area (Å²) in [6.45, 7) is 3.06. The largest absolute Gasteiger partial charge is 0.378 e. The van der Waals surface area contributed by atoms with Gasteiger partial charge in [-0.05, 0) is 36.6 Å². The van der Waals surface area contributed by atoms with Crippen molar-refractivity contribution in [1.29, 1.82) is 0 Å². The van der Waals surface area contributed by atoms with E-state index in [1.807, 2.05) is 6.07 Å². The maximum atomic E-state index is 13.6. The van der Waals surface area contributed by atoms with Crippen LogP contribution in [0.25, 0.3) is 0 Å². The average Bonchev–Trinajstić information content (AvgIpc) is 2.67. The van der Waals surface area contributed by atoms with Gasteiger partial charge < -0.3 is 15.0 Å². The van der Waals surface area contributed by atoms with Crippen molar-refractivity contribution in [1.82, 2.24) is 9.88 Å². The highest BCUT2D eigenvalue weighted by Crippen LogP contribution is 2.12. The molecular weight excluding hydrogens is 321 g/mol. The molecule has 0 bridgehead atoms. The molecule has 1 aromatic carbocycles. The second-order valence-electron chi connectivity index (χ2n) is 5.96. The van der Waals surface area contributed by atoms with Crippen LogP contribution >= 0.6 is 0 Å². The topological polar surface area (TPSA) is 54.5 Å². The Balaban J connectivity index is 1.51. The van der Waals surface area contributed by atoms with Crippen LogP contribution in [0, 0.1) is 5.82 Å². The average molecular weight is 343 g/mol. The number of halogens is 1. The first-order valence-corrected chi connectivity index (χ1v) is 8.54. The number of benzene rings is 1. The predicted molar refractivity (Wildman–Crippen MR) is 94.2 cm³/mol. The van der Waals surface area contributed by atoms with Crippen molar-refractivity contribution in [2.45, 2.75) is 12.8 Å². The summed E-state index contributed by atoms with van der Waals surface area (Å²) in [7, 11) is 0. The van der Waals surface area contributed by atoms with Crippen LogP contribution < -0.4 is 5.32 Å². The number of anilines is 1. The SMILES string of the molecule is O=C(c1ccnc(NCCCc2ccccc2F)c1)N1CCOCC1. The fourth-order valence-corrected chi connectivity index (χ4v) is 2.81. The molecule has 25 heavy (non-hydrogen) atoms. The molecule has 1 fully saturated rings. The Hall–Kier alpha value is -2.47. The first-order valence-electron chi connectivity index (χ1n) is 8.54. The Morgan fingerprint density at radius 3 is 2.84 bits per heavy atom. The van der Waals surface area contributed by atoms with Crippen molar-refractivity contribution in [3.63, 3.8) is 0 Å². The van der Waals surface area contributed by atoms with Gasteiger partial charge in [0.1, 0.15) is 11.6 Å². The number of nitrogens with zero attached hydrogens (tertiary/aromatic N) is 2. The monoisotopic (exact) mass is 343 g/mol. The number of amides is 1. The molecule has 5 nitrogen and oxygen atoms in total. The molecule has 1 aromatic heterocycles. The van der Waals surface area contributed by atoms with E-state index in [2.05, 4.69) is 10.3 Å². The number of ether oxygens (including phenoxy) is 1. The molecule has 0 atom stereocenters. The van der Waals surface area contributed by atoms with Crippen LogP contribution in [-0.2, 0) is 11.2 Å². The van der Waals surface area contributed by atoms with Crippen molar-refractivity contribution in [3.8, 4) is 0 Å². The molecule has 0 radical (unpaired) electrons. The van der Waals surface area contributed by atoms with E-state index in [9.17, 15) is 9.18 Å². The smallest absolute Gasteiger partial charge is 0.254 e. The van der Waals surface area contributed by atoms with Gasteiger partial charge in [0.05, 0.1) is 13.2 Å². The number of aromatic nitrogens is 1. The van der Waals surface area contributed by atoms with E-state index in [1.165, 1.54) is 6.07 Å². The van der Waals surface area contributed by atoms with Crippen molar-refractivity contribution in [3.05, 3.63) is 59.5 Å². The van der Waals surface area contributed by atoms with Gasteiger partial charge in [-0.2, -0.15) is 0 Å². The minimum absolute atomic E-state index is 0.0000987. The lowest BCUT2D eigenvalue weighted by Gasteiger charge is -2.26. The van der Waals surface area contributed by atoms with Gasteiger partial charge in [0.15, 0.2) is 0 Å². The van der Waals surface area contributed by atoms with Gasteiger partial charge in [-0.15, -0.1) is 0 Å². The van der Waals surface area contributed by atoms with Crippen LogP contribution in [-0.4, -0.2) is 48.6 Å². The molecule has 1 N–H and O–H groups in total. The standard InChI is InChI=1S/C19H22FN3O2/c20-17-6-2-1-4-15(17)5-3-8-21-18-14-16(7-9-22-18)19(24)23-10-12-25-13-11-23/h1-2,4,6-7,9,14H,3,5,8,10-13H2,(H,21,22). The minimum Gasteiger partial charge on any atom is -0.378 e. The van der Waals surface area contributed by atoms with Crippen LogP contribution in [0.2, 0.25) is 0 Å². The lowest BCUT2D eigenvalue weighted by molar-refractivity contribution is 0.0303. The number of nitrogens with one attached hydrogen (secondary N) is 1. The molecule has 132 valence electrons. The third-order valence-electron chi connectivity index (χ3n) is 4.19. The Labute approximate surface area is 146 Å². The van der Waals surface area contributed by atoms with Crippen LogP contribution in [0.4, 0.5) is 10.2 Å². The van der Waals surface area contributed by atoms with Crippen molar-refractivity contribution >= 4 is 11.7 Å². The van der Waals surface area contributed by atoms with E-state index in [4.69, 9.17) is 4.74 Å². The zero-order chi connectivity index (χ0) is 17.5. The molecule has 2 heterocycles. The number of carbonyl (C=O) groups is 1. The van der Waals surface area contributed by atoms with Crippen LogP contribution in [0.5, 0.6) is 0 Å². The second kappa shape index (κ2) is 8.58. The molecule has 2 aromatic rings. The number of hydrogen-bond acceptors (Lipinski definition) is 4. The number of morpholine rings is 1. The zero-order valence-corrected chi connectivity index (χ0v) is 14.1. The van der Waals surface area contributed by atoms with Crippen molar-refractivity contribution < 1.29 is 13.9 Å². The van der Waals surface area contributed by atoms with Crippen LogP contribution in [0.3, 0.4) is 0 Å². The summed E-state index contributed by atoms with van der Waals surface area (Å²) in [6.07, 6.45) is 3.07. The molecule has 1 saturated heterocycles. The summed E-state index contributed by atoms with van der Waals surface area (Å²) in [5.41, 5.74) is 1.34. The summed E-state index contributed by atoms with van der Waals surface area (Å²) in [4.78, 5) is 18.5. The van der Waals surface area contributed by atoms with E-state index < -0.39 is 0 Å². The van der Waals surface area contributed by atoms with E-state index in [1.54, 1.807) is 35.4 Å². The van der Waals surface area contributed by atoms with E-state index in [0.29, 0.717) is 56.2 Å². The highest BCUT2D eigenvalue weighted by molar-refractivity contribution is 5.94. The molecule has 0 unspecified atom stereocenters. The molecule has 0 spiro atoms. The molecule has 0 saturated carbocycles.